The molecule has 0 spiro atoms. The van der Waals surface area contributed by atoms with Crippen molar-refractivity contribution in [3.05, 3.63) is 119 Å². The van der Waals surface area contributed by atoms with Crippen molar-refractivity contribution >= 4 is 23.1 Å². The first-order valence-corrected chi connectivity index (χ1v) is 13.6. The third-order valence-electron chi connectivity index (χ3n) is 8.82. The molecule has 1 saturated carbocycles. The van der Waals surface area contributed by atoms with Crippen molar-refractivity contribution in [2.75, 3.05) is 14.2 Å². The molecule has 3 aliphatic carbocycles. The number of allylic oxidation sites excluding steroid dienone is 4. The summed E-state index contributed by atoms with van der Waals surface area (Å²) in [5, 5.41) is 24.7. The lowest BCUT2D eigenvalue weighted by Crippen LogP contribution is -2.69. The van der Waals surface area contributed by atoms with Gasteiger partial charge in [0.15, 0.2) is 23.1 Å². The topological polar surface area (TPSA) is 127 Å². The Balaban J connectivity index is 1.79. The van der Waals surface area contributed by atoms with Gasteiger partial charge in [0, 0.05) is 45.9 Å². The molecule has 8 nitrogen and oxygen atoms in total. The van der Waals surface area contributed by atoms with E-state index in [4.69, 9.17) is 9.47 Å². The van der Waals surface area contributed by atoms with Crippen molar-refractivity contribution in [3.63, 3.8) is 0 Å². The van der Waals surface area contributed by atoms with E-state index >= 15 is 0 Å². The number of methoxy groups -OCH3 is 2. The molecule has 0 saturated heterocycles. The predicted octanol–water partition coefficient (Wildman–Crippen LogP) is 3.81. The summed E-state index contributed by atoms with van der Waals surface area (Å²) in [6, 6.07) is 16.8. The molecule has 2 atom stereocenters. The second kappa shape index (κ2) is 10.8. The quantitative estimate of drug-likeness (QED) is 0.461. The lowest BCUT2D eigenvalue weighted by atomic mass is 9.43. The van der Waals surface area contributed by atoms with Crippen molar-refractivity contribution in [1.82, 2.24) is 0 Å². The SMILES string of the molecule is COC1=C(C)C(=O)C=CC1(O)C1C(C(=O)c2ccccc2)C(C2(O)C=CC(=O)C(C)=C2OC)C1C(=O)c1ccccc1. The smallest absolute Gasteiger partial charge is 0.184 e. The van der Waals surface area contributed by atoms with Crippen LogP contribution in [-0.4, -0.2) is 58.8 Å². The number of ketones is 4. The van der Waals surface area contributed by atoms with Crippen LogP contribution in [0.2, 0.25) is 0 Å². The summed E-state index contributed by atoms with van der Waals surface area (Å²) in [7, 11) is 2.62. The van der Waals surface area contributed by atoms with Gasteiger partial charge < -0.3 is 19.7 Å². The fourth-order valence-corrected chi connectivity index (χ4v) is 6.87. The summed E-state index contributed by atoms with van der Waals surface area (Å²) in [5.41, 5.74) is -3.22. The molecule has 0 amide bonds. The highest BCUT2D eigenvalue weighted by molar-refractivity contribution is 6.08. The lowest BCUT2D eigenvalue weighted by Gasteiger charge is -2.60. The first-order valence-electron chi connectivity index (χ1n) is 13.6. The van der Waals surface area contributed by atoms with Gasteiger partial charge in [0.25, 0.3) is 0 Å². The second-order valence-corrected chi connectivity index (χ2v) is 10.9. The molecule has 0 bridgehead atoms. The molecule has 5 rings (SSSR count). The number of aliphatic hydroxyl groups is 2. The van der Waals surface area contributed by atoms with Gasteiger partial charge in [-0.25, -0.2) is 0 Å². The van der Waals surface area contributed by atoms with Gasteiger partial charge >= 0.3 is 0 Å². The maximum Gasteiger partial charge on any atom is 0.184 e. The van der Waals surface area contributed by atoms with Gasteiger partial charge in [-0.1, -0.05) is 60.7 Å². The number of carbonyl (C=O) groups is 4. The fraction of sp³-hybridized carbons (Fsp3) is 0.294. The molecule has 0 aromatic heterocycles. The molecule has 2 N–H and O–H groups in total. The fourth-order valence-electron chi connectivity index (χ4n) is 6.87. The molecule has 0 radical (unpaired) electrons. The van der Waals surface area contributed by atoms with E-state index in [1.807, 2.05) is 0 Å². The summed E-state index contributed by atoms with van der Waals surface area (Å²) >= 11 is 0. The Bertz CT molecular complexity index is 1450. The minimum absolute atomic E-state index is 0.0739. The zero-order chi connectivity index (χ0) is 30.4. The lowest BCUT2D eigenvalue weighted by molar-refractivity contribution is -0.158. The molecule has 2 unspecified atom stereocenters. The normalized spacial score (nSPS) is 30.7. The molecular formula is C34H32O8. The number of rotatable bonds is 8. The largest absolute Gasteiger partial charge is 0.497 e. The van der Waals surface area contributed by atoms with E-state index in [1.54, 1.807) is 60.7 Å². The highest BCUT2D eigenvalue weighted by Gasteiger charge is 2.71. The molecule has 2 aromatic rings. The van der Waals surface area contributed by atoms with Crippen LogP contribution in [0.15, 0.2) is 108 Å². The van der Waals surface area contributed by atoms with Gasteiger partial charge in [-0.2, -0.15) is 0 Å². The Hall–Kier alpha value is -4.40. The maximum atomic E-state index is 14.4. The number of benzene rings is 2. The van der Waals surface area contributed by atoms with Crippen molar-refractivity contribution in [1.29, 1.82) is 0 Å². The van der Waals surface area contributed by atoms with Crippen LogP contribution >= 0.6 is 0 Å². The maximum absolute atomic E-state index is 14.4. The van der Waals surface area contributed by atoms with Gasteiger partial charge in [0.1, 0.15) is 22.7 Å². The van der Waals surface area contributed by atoms with Crippen molar-refractivity contribution in [3.8, 4) is 0 Å². The van der Waals surface area contributed by atoms with E-state index in [9.17, 15) is 29.4 Å². The first kappa shape index (κ1) is 29.1. The Morgan fingerprint density at radius 1 is 0.643 bits per heavy atom. The molecule has 3 aliphatic rings. The average Bonchev–Trinajstić information content (AvgIpc) is 2.98. The van der Waals surface area contributed by atoms with Gasteiger partial charge in [-0.05, 0) is 38.2 Å². The van der Waals surface area contributed by atoms with Crippen LogP contribution in [0.4, 0.5) is 0 Å². The van der Waals surface area contributed by atoms with Crippen LogP contribution in [-0.2, 0) is 19.1 Å². The summed E-state index contributed by atoms with van der Waals surface area (Å²) in [5.74, 6) is -6.43. The zero-order valence-electron chi connectivity index (χ0n) is 23.7. The Labute approximate surface area is 243 Å². The number of hydrogen-bond acceptors (Lipinski definition) is 8. The molecule has 0 aliphatic heterocycles. The first-order chi connectivity index (χ1) is 20.0. The Morgan fingerprint density at radius 2 is 0.976 bits per heavy atom. The van der Waals surface area contributed by atoms with Crippen LogP contribution in [0.3, 0.4) is 0 Å². The number of carbonyl (C=O) groups excluding carboxylic acids is 4. The Morgan fingerprint density at radius 3 is 1.29 bits per heavy atom. The van der Waals surface area contributed by atoms with Crippen LogP contribution in [0.1, 0.15) is 34.6 Å². The van der Waals surface area contributed by atoms with Gasteiger partial charge in [-0.3, -0.25) is 19.2 Å². The van der Waals surface area contributed by atoms with E-state index in [-0.39, 0.29) is 34.2 Å². The van der Waals surface area contributed by atoms with Crippen LogP contribution in [0.5, 0.6) is 0 Å². The van der Waals surface area contributed by atoms with Crippen LogP contribution in [0.25, 0.3) is 0 Å². The molecule has 1 fully saturated rings. The summed E-state index contributed by atoms with van der Waals surface area (Å²) in [4.78, 5) is 53.9. The van der Waals surface area contributed by atoms with Crippen molar-refractivity contribution in [2.45, 2.75) is 25.0 Å². The molecule has 216 valence electrons. The molecular weight excluding hydrogens is 536 g/mol. The zero-order valence-corrected chi connectivity index (χ0v) is 23.7. The summed E-state index contributed by atoms with van der Waals surface area (Å²) < 4.78 is 11.1. The highest BCUT2D eigenvalue weighted by Crippen LogP contribution is 2.62. The average molecular weight is 569 g/mol. The summed E-state index contributed by atoms with van der Waals surface area (Å²) in [6.45, 7) is 3.01. The van der Waals surface area contributed by atoms with E-state index in [0.717, 1.165) is 0 Å². The van der Waals surface area contributed by atoms with E-state index in [2.05, 4.69) is 0 Å². The van der Waals surface area contributed by atoms with Crippen LogP contribution < -0.4 is 0 Å². The molecule has 8 heteroatoms. The van der Waals surface area contributed by atoms with E-state index in [0.29, 0.717) is 11.1 Å². The number of hydrogen-bond donors (Lipinski definition) is 2. The Kier molecular flexibility index (Phi) is 7.47. The molecule has 42 heavy (non-hydrogen) atoms. The van der Waals surface area contributed by atoms with Crippen molar-refractivity contribution < 1.29 is 38.9 Å². The highest BCUT2D eigenvalue weighted by atomic mass is 16.5. The van der Waals surface area contributed by atoms with Gasteiger partial charge in [0.2, 0.25) is 0 Å². The van der Waals surface area contributed by atoms with Crippen molar-refractivity contribution in [2.24, 2.45) is 23.7 Å². The standard InChI is InChI=1S/C34H32O8/c1-19-23(35)15-17-33(39,31(19)41-3)27-25(29(37)21-11-7-5-8-12-21)28(26(27)30(38)22-13-9-6-10-14-22)34(40)18-16-24(36)20(2)32(34)42-4/h5-18,25-28,39-40H,1-4H3. The second-order valence-electron chi connectivity index (χ2n) is 10.9. The molecule has 0 heterocycles. The third kappa shape index (κ3) is 4.30. The summed E-state index contributed by atoms with van der Waals surface area (Å²) in [6.07, 6.45) is 4.94. The predicted molar refractivity (Wildman–Crippen MR) is 153 cm³/mol. The minimum Gasteiger partial charge on any atom is -0.497 e. The van der Waals surface area contributed by atoms with Gasteiger partial charge in [-0.15, -0.1) is 0 Å². The number of ether oxygens (including phenoxy) is 2. The van der Waals surface area contributed by atoms with Crippen LogP contribution in [0, 0.1) is 23.7 Å². The van der Waals surface area contributed by atoms with E-state index in [1.165, 1.54) is 52.4 Å². The molecule has 2 aromatic carbocycles. The number of Topliss-reactive ketones (excluding diaryl/α,β-unsaturated/α-hetero) is 2. The minimum atomic E-state index is -2.05. The monoisotopic (exact) mass is 568 g/mol. The van der Waals surface area contributed by atoms with E-state index < -0.39 is 46.4 Å². The third-order valence-corrected chi connectivity index (χ3v) is 8.82. The van der Waals surface area contributed by atoms with Gasteiger partial charge in [0.05, 0.1) is 14.2 Å².